The summed E-state index contributed by atoms with van der Waals surface area (Å²) in [5.41, 5.74) is 2.26. The van der Waals surface area contributed by atoms with Crippen LogP contribution < -0.4 is 10.6 Å². The van der Waals surface area contributed by atoms with E-state index >= 15 is 0 Å². The zero-order chi connectivity index (χ0) is 22.2. The fourth-order valence-electron chi connectivity index (χ4n) is 2.79. The number of nitrogens with zero attached hydrogens (tertiary/aromatic N) is 2. The maximum Gasteiger partial charge on any atom is 0.255 e. The SMILES string of the molecule is CCSc1nsc(NC(=O)C(CC)Sc2cccc(NC(=O)c3ccccc3C)c2)n1. The van der Waals surface area contributed by atoms with Crippen LogP contribution in [0.2, 0.25) is 0 Å². The van der Waals surface area contributed by atoms with Crippen LogP contribution in [-0.2, 0) is 4.79 Å². The molecule has 0 aliphatic rings. The number of aryl methyl sites for hydroxylation is 1. The minimum absolute atomic E-state index is 0.106. The monoisotopic (exact) mass is 472 g/mol. The van der Waals surface area contributed by atoms with Gasteiger partial charge in [-0.05, 0) is 48.9 Å². The van der Waals surface area contributed by atoms with Crippen LogP contribution in [0.4, 0.5) is 10.8 Å². The van der Waals surface area contributed by atoms with Gasteiger partial charge in [-0.25, -0.2) is 0 Å². The molecule has 0 radical (unpaired) electrons. The summed E-state index contributed by atoms with van der Waals surface area (Å²) < 4.78 is 4.23. The Balaban J connectivity index is 1.64. The molecule has 0 bridgehead atoms. The highest BCUT2D eigenvalue weighted by molar-refractivity contribution is 8.00. The Labute approximate surface area is 194 Å². The van der Waals surface area contributed by atoms with Gasteiger partial charge in [0.15, 0.2) is 0 Å². The number of rotatable bonds is 9. The minimum Gasteiger partial charge on any atom is -0.322 e. The largest absolute Gasteiger partial charge is 0.322 e. The van der Waals surface area contributed by atoms with Crippen LogP contribution in [0, 0.1) is 6.92 Å². The van der Waals surface area contributed by atoms with Crippen molar-refractivity contribution in [3.05, 3.63) is 59.7 Å². The zero-order valence-electron chi connectivity index (χ0n) is 17.5. The molecular formula is C22H24N4O2S3. The number of hydrogen-bond donors (Lipinski definition) is 2. The molecule has 9 heteroatoms. The average molecular weight is 473 g/mol. The van der Waals surface area contributed by atoms with Gasteiger partial charge in [0.1, 0.15) is 0 Å². The minimum atomic E-state index is -0.284. The van der Waals surface area contributed by atoms with Crippen LogP contribution in [0.3, 0.4) is 0 Å². The summed E-state index contributed by atoms with van der Waals surface area (Å²) in [6.45, 7) is 5.91. The first-order chi connectivity index (χ1) is 15.0. The number of anilines is 2. The molecule has 0 aliphatic carbocycles. The number of amides is 2. The molecule has 2 aromatic carbocycles. The van der Waals surface area contributed by atoms with Gasteiger partial charge >= 0.3 is 0 Å². The van der Waals surface area contributed by atoms with Crippen molar-refractivity contribution in [2.24, 2.45) is 0 Å². The van der Waals surface area contributed by atoms with Gasteiger partial charge in [0.2, 0.25) is 16.2 Å². The Bertz CT molecular complexity index is 1050. The number of thioether (sulfide) groups is 2. The summed E-state index contributed by atoms with van der Waals surface area (Å²) in [4.78, 5) is 30.6. The summed E-state index contributed by atoms with van der Waals surface area (Å²) in [7, 11) is 0. The molecule has 2 amide bonds. The quantitative estimate of drug-likeness (QED) is 0.388. The molecule has 3 rings (SSSR count). The van der Waals surface area contributed by atoms with Gasteiger partial charge in [0.05, 0.1) is 5.25 Å². The van der Waals surface area contributed by atoms with E-state index in [1.54, 1.807) is 17.8 Å². The van der Waals surface area contributed by atoms with E-state index in [0.29, 0.717) is 28.0 Å². The zero-order valence-corrected chi connectivity index (χ0v) is 20.0. The van der Waals surface area contributed by atoms with E-state index in [1.165, 1.54) is 23.3 Å². The van der Waals surface area contributed by atoms with Gasteiger partial charge in [-0.1, -0.05) is 49.9 Å². The van der Waals surface area contributed by atoms with E-state index < -0.39 is 0 Å². The van der Waals surface area contributed by atoms with Crippen LogP contribution in [0.5, 0.6) is 0 Å². The predicted octanol–water partition coefficient (Wildman–Crippen LogP) is 5.72. The number of aromatic nitrogens is 2. The molecule has 0 saturated carbocycles. The van der Waals surface area contributed by atoms with Crippen molar-refractivity contribution in [1.82, 2.24) is 9.36 Å². The maximum atomic E-state index is 12.7. The van der Waals surface area contributed by atoms with E-state index in [2.05, 4.69) is 20.0 Å². The van der Waals surface area contributed by atoms with Gasteiger partial charge in [0.25, 0.3) is 5.91 Å². The molecule has 0 fully saturated rings. The number of carbonyl (C=O) groups excluding carboxylic acids is 2. The first kappa shape index (κ1) is 23.3. The van der Waals surface area contributed by atoms with Crippen LogP contribution in [0.15, 0.2) is 58.6 Å². The number of benzene rings is 2. The van der Waals surface area contributed by atoms with Crippen molar-refractivity contribution in [3.63, 3.8) is 0 Å². The molecule has 1 atom stereocenters. The molecule has 6 nitrogen and oxygen atoms in total. The highest BCUT2D eigenvalue weighted by Gasteiger charge is 2.20. The van der Waals surface area contributed by atoms with Crippen LogP contribution in [-0.4, -0.2) is 32.2 Å². The molecule has 0 aliphatic heterocycles. The van der Waals surface area contributed by atoms with Gasteiger partial charge in [-0.15, -0.1) is 11.8 Å². The second kappa shape index (κ2) is 11.3. The van der Waals surface area contributed by atoms with Crippen LogP contribution in [0.1, 0.15) is 36.2 Å². The molecule has 2 N–H and O–H groups in total. The molecule has 31 heavy (non-hydrogen) atoms. The van der Waals surface area contributed by atoms with Gasteiger partial charge < -0.3 is 5.32 Å². The van der Waals surface area contributed by atoms with E-state index in [-0.39, 0.29) is 17.1 Å². The van der Waals surface area contributed by atoms with E-state index in [4.69, 9.17) is 0 Å². The molecule has 0 saturated heterocycles. The van der Waals surface area contributed by atoms with Crippen LogP contribution >= 0.6 is 35.1 Å². The second-order valence-corrected chi connectivity index (χ2v) is 9.88. The summed E-state index contributed by atoms with van der Waals surface area (Å²) in [6.07, 6.45) is 0.658. The molecule has 1 heterocycles. The van der Waals surface area contributed by atoms with E-state index in [1.807, 2.05) is 63.2 Å². The third-order valence-electron chi connectivity index (χ3n) is 4.33. The molecule has 0 spiro atoms. The first-order valence-corrected chi connectivity index (χ1v) is 12.5. The maximum absolute atomic E-state index is 12.7. The number of hydrogen-bond acceptors (Lipinski definition) is 7. The summed E-state index contributed by atoms with van der Waals surface area (Å²) in [5.74, 6) is 0.627. The van der Waals surface area contributed by atoms with Crippen molar-refractivity contribution >= 4 is 57.7 Å². The highest BCUT2D eigenvalue weighted by atomic mass is 32.2. The summed E-state index contributed by atoms with van der Waals surface area (Å²) >= 11 is 4.19. The van der Waals surface area contributed by atoms with Gasteiger partial charge in [-0.3, -0.25) is 14.9 Å². The number of carbonyl (C=O) groups is 2. The highest BCUT2D eigenvalue weighted by Crippen LogP contribution is 2.29. The lowest BCUT2D eigenvalue weighted by Gasteiger charge is -2.14. The van der Waals surface area contributed by atoms with Crippen molar-refractivity contribution in [3.8, 4) is 0 Å². The van der Waals surface area contributed by atoms with Crippen molar-refractivity contribution in [2.45, 2.75) is 42.5 Å². The summed E-state index contributed by atoms with van der Waals surface area (Å²) in [6, 6.07) is 15.0. The molecular weight excluding hydrogens is 448 g/mol. The first-order valence-electron chi connectivity index (χ1n) is 9.91. The fraction of sp³-hybridized carbons (Fsp3) is 0.273. The lowest BCUT2D eigenvalue weighted by Crippen LogP contribution is -2.24. The van der Waals surface area contributed by atoms with Crippen molar-refractivity contribution in [2.75, 3.05) is 16.4 Å². The second-order valence-electron chi connectivity index (χ2n) is 6.62. The van der Waals surface area contributed by atoms with Gasteiger partial charge in [-0.2, -0.15) is 9.36 Å². The molecule has 3 aromatic rings. The third kappa shape index (κ3) is 6.56. The molecule has 1 aromatic heterocycles. The Morgan fingerprint density at radius 3 is 2.65 bits per heavy atom. The molecule has 1 unspecified atom stereocenters. The topological polar surface area (TPSA) is 84.0 Å². The third-order valence-corrected chi connectivity index (χ3v) is 7.17. The Hall–Kier alpha value is -2.36. The van der Waals surface area contributed by atoms with Crippen LogP contribution in [0.25, 0.3) is 0 Å². The predicted molar refractivity (Wildman–Crippen MR) is 130 cm³/mol. The van der Waals surface area contributed by atoms with Crippen molar-refractivity contribution < 1.29 is 9.59 Å². The Morgan fingerprint density at radius 1 is 1.10 bits per heavy atom. The van der Waals surface area contributed by atoms with E-state index in [0.717, 1.165) is 16.2 Å². The van der Waals surface area contributed by atoms with Gasteiger partial charge in [0, 0.05) is 27.7 Å². The normalized spacial score (nSPS) is 11.7. The number of nitrogens with one attached hydrogen (secondary N) is 2. The standard InChI is InChI=1S/C22H24N4O2S3/c1-4-18(20(28)24-21-25-22(26-31-21)29-5-2)30-16-11-8-10-15(13-16)23-19(27)17-12-7-6-9-14(17)3/h6-13,18H,4-5H2,1-3H3,(H,23,27)(H,24,25,26,28). The Morgan fingerprint density at radius 2 is 1.90 bits per heavy atom. The Kier molecular flexibility index (Phi) is 8.51. The summed E-state index contributed by atoms with van der Waals surface area (Å²) in [5, 5.41) is 6.72. The lowest BCUT2D eigenvalue weighted by molar-refractivity contribution is -0.115. The van der Waals surface area contributed by atoms with E-state index in [9.17, 15) is 9.59 Å². The van der Waals surface area contributed by atoms with Crippen molar-refractivity contribution in [1.29, 1.82) is 0 Å². The smallest absolute Gasteiger partial charge is 0.255 e. The average Bonchev–Trinajstić information content (AvgIpc) is 3.19. The lowest BCUT2D eigenvalue weighted by atomic mass is 10.1. The molecule has 162 valence electrons. The fourth-order valence-corrected chi connectivity index (χ4v) is 5.08.